The number of rotatable bonds is 4. The lowest BCUT2D eigenvalue weighted by Crippen LogP contribution is -2.13. The number of hydrogen-bond donors (Lipinski definition) is 1. The standard InChI is InChI=1S/C12H15N3O/c1-9(2)3-6-12(16)15-11-5-4-10(7-13)8-14-11/h4-5,8-9H,3,6H2,1-2H3,(H,14,15,16). The molecule has 0 saturated heterocycles. The predicted octanol–water partition coefficient (Wildman–Crippen LogP) is 2.33. The quantitative estimate of drug-likeness (QED) is 0.841. The minimum Gasteiger partial charge on any atom is -0.311 e. The molecular formula is C12H15N3O. The molecule has 0 aliphatic carbocycles. The Kier molecular flexibility index (Phi) is 4.46. The van der Waals surface area contributed by atoms with Crippen LogP contribution < -0.4 is 5.32 Å². The fraction of sp³-hybridized carbons (Fsp3) is 0.417. The maximum absolute atomic E-state index is 11.5. The molecular weight excluding hydrogens is 202 g/mol. The summed E-state index contributed by atoms with van der Waals surface area (Å²) in [4.78, 5) is 15.4. The number of hydrogen-bond acceptors (Lipinski definition) is 3. The average molecular weight is 217 g/mol. The number of carbonyl (C=O) groups is 1. The molecule has 0 aromatic carbocycles. The molecule has 1 N–H and O–H groups in total. The highest BCUT2D eigenvalue weighted by Crippen LogP contribution is 2.07. The SMILES string of the molecule is CC(C)CCC(=O)Nc1ccc(C#N)cn1. The number of nitriles is 1. The van der Waals surface area contributed by atoms with Crippen molar-refractivity contribution in [2.45, 2.75) is 26.7 Å². The number of pyridine rings is 1. The van der Waals surface area contributed by atoms with Crippen LogP contribution in [0.15, 0.2) is 18.3 Å². The van der Waals surface area contributed by atoms with Crippen molar-refractivity contribution in [3.63, 3.8) is 0 Å². The van der Waals surface area contributed by atoms with Crippen molar-refractivity contribution in [1.82, 2.24) is 4.98 Å². The van der Waals surface area contributed by atoms with Gasteiger partial charge in [0.15, 0.2) is 0 Å². The van der Waals surface area contributed by atoms with Gasteiger partial charge in [0.1, 0.15) is 11.9 Å². The van der Waals surface area contributed by atoms with Crippen LogP contribution >= 0.6 is 0 Å². The molecule has 0 spiro atoms. The van der Waals surface area contributed by atoms with Crippen molar-refractivity contribution in [2.75, 3.05) is 5.32 Å². The second-order valence-electron chi connectivity index (χ2n) is 4.02. The van der Waals surface area contributed by atoms with Gasteiger partial charge < -0.3 is 5.32 Å². The highest BCUT2D eigenvalue weighted by molar-refractivity contribution is 5.89. The van der Waals surface area contributed by atoms with Gasteiger partial charge in [0.2, 0.25) is 5.91 Å². The Bertz CT molecular complexity index is 390. The number of nitrogens with one attached hydrogen (secondary N) is 1. The van der Waals surface area contributed by atoms with Crippen molar-refractivity contribution in [2.24, 2.45) is 5.92 Å². The van der Waals surface area contributed by atoms with Crippen LogP contribution in [0.25, 0.3) is 0 Å². The third-order valence-electron chi connectivity index (χ3n) is 2.11. The molecule has 0 saturated carbocycles. The van der Waals surface area contributed by atoms with Crippen molar-refractivity contribution in [3.05, 3.63) is 23.9 Å². The fourth-order valence-corrected chi connectivity index (χ4v) is 1.16. The zero-order chi connectivity index (χ0) is 12.0. The Morgan fingerprint density at radius 3 is 2.81 bits per heavy atom. The van der Waals surface area contributed by atoms with E-state index in [1.807, 2.05) is 6.07 Å². The van der Waals surface area contributed by atoms with Crippen molar-refractivity contribution in [3.8, 4) is 6.07 Å². The second-order valence-corrected chi connectivity index (χ2v) is 4.02. The van der Waals surface area contributed by atoms with E-state index in [4.69, 9.17) is 5.26 Å². The van der Waals surface area contributed by atoms with E-state index in [2.05, 4.69) is 24.1 Å². The highest BCUT2D eigenvalue weighted by atomic mass is 16.1. The van der Waals surface area contributed by atoms with Gasteiger partial charge in [-0.25, -0.2) is 4.98 Å². The summed E-state index contributed by atoms with van der Waals surface area (Å²) >= 11 is 0. The predicted molar refractivity (Wildman–Crippen MR) is 61.7 cm³/mol. The zero-order valence-corrected chi connectivity index (χ0v) is 9.53. The lowest BCUT2D eigenvalue weighted by atomic mass is 10.1. The van der Waals surface area contributed by atoms with E-state index in [1.165, 1.54) is 6.20 Å². The van der Waals surface area contributed by atoms with Crippen molar-refractivity contribution < 1.29 is 4.79 Å². The molecule has 0 atom stereocenters. The van der Waals surface area contributed by atoms with Crippen LogP contribution in [0.2, 0.25) is 0 Å². The summed E-state index contributed by atoms with van der Waals surface area (Å²) in [6, 6.07) is 5.23. The smallest absolute Gasteiger partial charge is 0.225 e. The van der Waals surface area contributed by atoms with Gasteiger partial charge in [0.25, 0.3) is 0 Å². The normalized spacial score (nSPS) is 9.88. The van der Waals surface area contributed by atoms with Crippen LogP contribution in [0.4, 0.5) is 5.82 Å². The molecule has 1 amide bonds. The molecule has 4 nitrogen and oxygen atoms in total. The second kappa shape index (κ2) is 5.86. The molecule has 0 aliphatic rings. The van der Waals surface area contributed by atoms with E-state index in [-0.39, 0.29) is 5.91 Å². The van der Waals surface area contributed by atoms with Gasteiger partial charge in [-0.3, -0.25) is 4.79 Å². The van der Waals surface area contributed by atoms with Crippen LogP contribution in [0.1, 0.15) is 32.3 Å². The molecule has 1 aromatic heterocycles. The third kappa shape index (κ3) is 4.09. The minimum atomic E-state index is -0.0362. The lowest BCUT2D eigenvalue weighted by Gasteiger charge is -2.05. The molecule has 1 heterocycles. The Balaban J connectivity index is 2.47. The third-order valence-corrected chi connectivity index (χ3v) is 2.11. The summed E-state index contributed by atoms with van der Waals surface area (Å²) in [6.07, 6.45) is 2.81. The zero-order valence-electron chi connectivity index (χ0n) is 9.53. The first kappa shape index (κ1) is 12.2. The summed E-state index contributed by atoms with van der Waals surface area (Å²) in [5, 5.41) is 11.3. The Hall–Kier alpha value is -1.89. The molecule has 4 heteroatoms. The Morgan fingerprint density at radius 1 is 1.56 bits per heavy atom. The van der Waals surface area contributed by atoms with E-state index in [9.17, 15) is 4.79 Å². The number of nitrogens with zero attached hydrogens (tertiary/aromatic N) is 2. The topological polar surface area (TPSA) is 65.8 Å². The van der Waals surface area contributed by atoms with E-state index in [1.54, 1.807) is 12.1 Å². The molecule has 1 rings (SSSR count). The first-order valence-corrected chi connectivity index (χ1v) is 5.28. The number of anilines is 1. The average Bonchev–Trinajstić information content (AvgIpc) is 2.27. The molecule has 0 fully saturated rings. The minimum absolute atomic E-state index is 0.0362. The molecule has 0 bridgehead atoms. The highest BCUT2D eigenvalue weighted by Gasteiger charge is 2.04. The summed E-state index contributed by atoms with van der Waals surface area (Å²) in [5.74, 6) is 0.971. The van der Waals surface area contributed by atoms with Crippen LogP contribution in [0.5, 0.6) is 0 Å². The van der Waals surface area contributed by atoms with Crippen LogP contribution in [0.3, 0.4) is 0 Å². The molecule has 0 radical (unpaired) electrons. The number of aromatic nitrogens is 1. The van der Waals surface area contributed by atoms with Crippen LogP contribution in [0, 0.1) is 17.2 Å². The summed E-state index contributed by atoms with van der Waals surface area (Å²) in [5.41, 5.74) is 0.486. The molecule has 16 heavy (non-hydrogen) atoms. The van der Waals surface area contributed by atoms with E-state index in [0.717, 1.165) is 6.42 Å². The fourth-order valence-electron chi connectivity index (χ4n) is 1.16. The van der Waals surface area contributed by atoms with Crippen LogP contribution in [-0.4, -0.2) is 10.9 Å². The van der Waals surface area contributed by atoms with Crippen LogP contribution in [-0.2, 0) is 4.79 Å². The Labute approximate surface area is 95.3 Å². The van der Waals surface area contributed by atoms with Gasteiger partial charge in [0.05, 0.1) is 5.56 Å². The van der Waals surface area contributed by atoms with E-state index >= 15 is 0 Å². The molecule has 1 aromatic rings. The Morgan fingerprint density at radius 2 is 2.31 bits per heavy atom. The van der Waals surface area contributed by atoms with Gasteiger partial charge in [-0.1, -0.05) is 13.8 Å². The monoisotopic (exact) mass is 217 g/mol. The maximum atomic E-state index is 11.5. The van der Waals surface area contributed by atoms with E-state index in [0.29, 0.717) is 23.7 Å². The largest absolute Gasteiger partial charge is 0.311 e. The summed E-state index contributed by atoms with van der Waals surface area (Å²) in [7, 11) is 0. The van der Waals surface area contributed by atoms with Gasteiger partial charge in [-0.2, -0.15) is 5.26 Å². The molecule has 84 valence electrons. The maximum Gasteiger partial charge on any atom is 0.225 e. The number of amides is 1. The summed E-state index contributed by atoms with van der Waals surface area (Å²) < 4.78 is 0. The molecule has 0 unspecified atom stereocenters. The first-order chi connectivity index (χ1) is 7.61. The van der Waals surface area contributed by atoms with Gasteiger partial charge in [-0.05, 0) is 24.5 Å². The first-order valence-electron chi connectivity index (χ1n) is 5.28. The van der Waals surface area contributed by atoms with Gasteiger partial charge in [0, 0.05) is 12.6 Å². The van der Waals surface area contributed by atoms with Crippen molar-refractivity contribution in [1.29, 1.82) is 5.26 Å². The van der Waals surface area contributed by atoms with Crippen molar-refractivity contribution >= 4 is 11.7 Å². The van der Waals surface area contributed by atoms with E-state index < -0.39 is 0 Å². The molecule has 0 aliphatic heterocycles. The van der Waals surface area contributed by atoms with Gasteiger partial charge in [-0.15, -0.1) is 0 Å². The number of carbonyl (C=O) groups excluding carboxylic acids is 1. The van der Waals surface area contributed by atoms with Gasteiger partial charge >= 0.3 is 0 Å². The summed E-state index contributed by atoms with van der Waals surface area (Å²) in [6.45, 7) is 4.15. The lowest BCUT2D eigenvalue weighted by molar-refractivity contribution is -0.116.